The zero-order chi connectivity index (χ0) is 17.1. The Hall–Kier alpha value is -2.31. The van der Waals surface area contributed by atoms with Crippen molar-refractivity contribution in [1.82, 2.24) is 14.9 Å². The van der Waals surface area contributed by atoms with Gasteiger partial charge in [0, 0.05) is 25.1 Å². The molecule has 0 radical (unpaired) electrons. The van der Waals surface area contributed by atoms with E-state index in [-0.39, 0.29) is 24.2 Å². The van der Waals surface area contributed by atoms with Gasteiger partial charge in [0.1, 0.15) is 11.8 Å². The topological polar surface area (TPSA) is 64.6 Å². The third kappa shape index (κ3) is 3.41. The molecular weight excluding hydrogens is 318 g/mol. The first-order valence-corrected chi connectivity index (χ1v) is 8.67. The molecule has 0 spiro atoms. The van der Waals surface area contributed by atoms with Crippen LogP contribution in [0.3, 0.4) is 0 Å². The lowest BCUT2D eigenvalue weighted by Crippen LogP contribution is -2.54. The first-order chi connectivity index (χ1) is 12.3. The van der Waals surface area contributed by atoms with Crippen LogP contribution in [0.25, 0.3) is 0 Å². The fourth-order valence-corrected chi connectivity index (χ4v) is 3.66. The van der Waals surface area contributed by atoms with E-state index < -0.39 is 0 Å². The zero-order valence-corrected chi connectivity index (χ0v) is 14.0. The van der Waals surface area contributed by atoms with Gasteiger partial charge in [0.05, 0.1) is 25.4 Å². The van der Waals surface area contributed by atoms with Crippen LogP contribution < -0.4 is 0 Å². The fraction of sp³-hybridized carbons (Fsp3) is 0.421. The van der Waals surface area contributed by atoms with Crippen LogP contribution in [0, 0.1) is 0 Å². The molecule has 0 N–H and O–H groups in total. The van der Waals surface area contributed by atoms with Crippen LogP contribution in [0.2, 0.25) is 0 Å². The van der Waals surface area contributed by atoms with Crippen LogP contribution in [-0.4, -0.2) is 52.2 Å². The van der Waals surface area contributed by atoms with E-state index in [0.717, 1.165) is 18.4 Å². The predicted octanol–water partition coefficient (Wildman–Crippen LogP) is 2.07. The van der Waals surface area contributed by atoms with Gasteiger partial charge < -0.3 is 14.4 Å². The Labute approximate surface area is 146 Å². The van der Waals surface area contributed by atoms with Crippen molar-refractivity contribution in [1.29, 1.82) is 0 Å². The Kier molecular flexibility index (Phi) is 4.72. The Bertz CT molecular complexity index is 710. The summed E-state index contributed by atoms with van der Waals surface area (Å²) in [5, 5.41) is 0. The molecule has 2 aliphatic rings. The minimum atomic E-state index is -0.0664. The molecule has 1 amide bonds. The molecule has 25 heavy (non-hydrogen) atoms. The highest BCUT2D eigenvalue weighted by Crippen LogP contribution is 2.33. The van der Waals surface area contributed by atoms with E-state index in [1.165, 1.54) is 0 Å². The second-order valence-corrected chi connectivity index (χ2v) is 6.40. The molecule has 6 heteroatoms. The van der Waals surface area contributed by atoms with Crippen LogP contribution in [0.1, 0.15) is 28.9 Å². The second-order valence-electron chi connectivity index (χ2n) is 6.40. The first kappa shape index (κ1) is 16.2. The van der Waals surface area contributed by atoms with Gasteiger partial charge in [-0.15, -0.1) is 0 Å². The molecule has 3 heterocycles. The molecule has 0 bridgehead atoms. The number of hydrogen-bond acceptors (Lipinski definition) is 5. The summed E-state index contributed by atoms with van der Waals surface area (Å²) in [7, 11) is 0. The summed E-state index contributed by atoms with van der Waals surface area (Å²) < 4.78 is 12.1. The van der Waals surface area contributed by atoms with Gasteiger partial charge in [0.15, 0.2) is 0 Å². The molecular formula is C19H21N3O3. The lowest BCUT2D eigenvalue weighted by molar-refractivity contribution is -0.108. The average molecular weight is 339 g/mol. The molecule has 0 unspecified atom stereocenters. The van der Waals surface area contributed by atoms with Gasteiger partial charge in [0.25, 0.3) is 5.91 Å². The Morgan fingerprint density at radius 1 is 1.20 bits per heavy atom. The number of carbonyl (C=O) groups is 1. The van der Waals surface area contributed by atoms with Crippen molar-refractivity contribution in [2.24, 2.45) is 0 Å². The number of pyridine rings is 2. The number of rotatable bonds is 4. The monoisotopic (exact) mass is 339 g/mol. The number of amides is 1. The molecule has 0 aromatic carbocycles. The smallest absolute Gasteiger partial charge is 0.272 e. The van der Waals surface area contributed by atoms with Gasteiger partial charge in [-0.3, -0.25) is 14.8 Å². The third-order valence-corrected chi connectivity index (χ3v) is 4.89. The van der Waals surface area contributed by atoms with E-state index in [4.69, 9.17) is 9.47 Å². The zero-order valence-electron chi connectivity index (χ0n) is 14.0. The van der Waals surface area contributed by atoms with Crippen LogP contribution in [0.4, 0.5) is 0 Å². The quantitative estimate of drug-likeness (QED) is 0.853. The number of aromatic nitrogens is 2. The molecule has 6 nitrogen and oxygen atoms in total. The maximum atomic E-state index is 12.8. The lowest BCUT2D eigenvalue weighted by atomic mass is 10.1. The minimum Gasteiger partial charge on any atom is -0.372 e. The number of nitrogens with zero attached hydrogens (tertiary/aromatic N) is 3. The number of ether oxygens (including phenoxy) is 2. The summed E-state index contributed by atoms with van der Waals surface area (Å²) in [6.07, 6.45) is 6.92. The summed E-state index contributed by atoms with van der Waals surface area (Å²) in [6.45, 7) is 1.68. The minimum absolute atomic E-state index is 0.0116. The van der Waals surface area contributed by atoms with Crippen LogP contribution in [-0.2, 0) is 16.1 Å². The van der Waals surface area contributed by atoms with Gasteiger partial charge in [-0.2, -0.15) is 0 Å². The largest absolute Gasteiger partial charge is 0.372 e. The van der Waals surface area contributed by atoms with Crippen molar-refractivity contribution in [3.05, 3.63) is 60.2 Å². The first-order valence-electron chi connectivity index (χ1n) is 8.67. The Morgan fingerprint density at radius 2 is 2.08 bits per heavy atom. The average Bonchev–Trinajstić information content (AvgIpc) is 3.10. The molecule has 1 aliphatic carbocycles. The normalized spacial score (nSPS) is 25.6. The third-order valence-electron chi connectivity index (χ3n) is 4.89. The number of morpholine rings is 1. The summed E-state index contributed by atoms with van der Waals surface area (Å²) >= 11 is 0. The maximum Gasteiger partial charge on any atom is 0.272 e. The molecule has 2 aromatic heterocycles. The predicted molar refractivity (Wildman–Crippen MR) is 90.8 cm³/mol. The van der Waals surface area contributed by atoms with E-state index in [9.17, 15) is 4.79 Å². The number of fused-ring (bicyclic) bond motifs is 1. The summed E-state index contributed by atoms with van der Waals surface area (Å²) in [6, 6.07) is 9.38. The molecule has 1 aliphatic heterocycles. The molecule has 1 saturated heterocycles. The highest BCUT2D eigenvalue weighted by molar-refractivity contribution is 5.92. The molecule has 130 valence electrons. The van der Waals surface area contributed by atoms with Crippen molar-refractivity contribution < 1.29 is 14.3 Å². The van der Waals surface area contributed by atoms with Gasteiger partial charge in [-0.25, -0.2) is 0 Å². The van der Waals surface area contributed by atoms with Crippen molar-refractivity contribution in [2.45, 2.75) is 37.7 Å². The van der Waals surface area contributed by atoms with E-state index in [2.05, 4.69) is 9.97 Å². The highest BCUT2D eigenvalue weighted by Gasteiger charge is 2.45. The van der Waals surface area contributed by atoms with Crippen LogP contribution >= 0.6 is 0 Å². The Morgan fingerprint density at radius 3 is 2.88 bits per heavy atom. The maximum absolute atomic E-state index is 12.8. The molecule has 3 atom stereocenters. The van der Waals surface area contributed by atoms with Crippen molar-refractivity contribution in [3.63, 3.8) is 0 Å². The fourth-order valence-electron chi connectivity index (χ4n) is 3.66. The molecule has 1 saturated carbocycles. The van der Waals surface area contributed by atoms with E-state index in [1.807, 2.05) is 29.2 Å². The standard InChI is InChI=1S/C19H21N3O3/c23-19(15-3-1-2-8-21-15)22-11-12-24-18-16(22)4-5-17(18)25-13-14-6-9-20-10-7-14/h1-3,6-10,16-18H,4-5,11-13H2/t16-,17+,18+/m0/s1. The highest BCUT2D eigenvalue weighted by atomic mass is 16.5. The van der Waals surface area contributed by atoms with Crippen molar-refractivity contribution in [3.8, 4) is 0 Å². The van der Waals surface area contributed by atoms with Gasteiger partial charge >= 0.3 is 0 Å². The van der Waals surface area contributed by atoms with E-state index in [1.54, 1.807) is 24.7 Å². The molecule has 2 fully saturated rings. The van der Waals surface area contributed by atoms with Gasteiger partial charge in [-0.1, -0.05) is 6.07 Å². The van der Waals surface area contributed by atoms with Gasteiger partial charge in [-0.05, 0) is 42.7 Å². The van der Waals surface area contributed by atoms with Crippen molar-refractivity contribution in [2.75, 3.05) is 13.2 Å². The number of hydrogen-bond donors (Lipinski definition) is 0. The summed E-state index contributed by atoms with van der Waals surface area (Å²) in [5.74, 6) is -0.0197. The SMILES string of the molecule is O=C(c1ccccn1)N1CCO[C@H]2[C@H](OCc3ccncc3)CC[C@@H]21. The summed E-state index contributed by atoms with van der Waals surface area (Å²) in [4.78, 5) is 22.9. The lowest BCUT2D eigenvalue weighted by Gasteiger charge is -2.38. The Balaban J connectivity index is 1.42. The molecule has 4 rings (SSSR count). The molecule has 2 aromatic rings. The van der Waals surface area contributed by atoms with E-state index >= 15 is 0 Å². The van der Waals surface area contributed by atoms with Crippen LogP contribution in [0.5, 0.6) is 0 Å². The summed E-state index contributed by atoms with van der Waals surface area (Å²) in [5.41, 5.74) is 1.58. The van der Waals surface area contributed by atoms with Crippen molar-refractivity contribution >= 4 is 5.91 Å². The van der Waals surface area contributed by atoms with Gasteiger partial charge in [0.2, 0.25) is 0 Å². The van der Waals surface area contributed by atoms with Crippen LogP contribution in [0.15, 0.2) is 48.9 Å². The van der Waals surface area contributed by atoms with E-state index in [0.29, 0.717) is 25.5 Å². The second kappa shape index (κ2) is 7.29. The number of carbonyl (C=O) groups excluding carboxylic acids is 1.